The third kappa shape index (κ3) is 2.85. The minimum Gasteiger partial charge on any atom is -0.481 e. The number of amides is 1. The normalized spacial score (nSPS) is 17.0. The zero-order valence-electron chi connectivity index (χ0n) is 16.9. The zero-order valence-corrected chi connectivity index (χ0v) is 16.9. The molecular weight excluding hydrogens is 370 g/mol. The minimum atomic E-state index is -0.726. The van der Waals surface area contributed by atoms with E-state index < -0.39 is 10.5 Å². The Labute approximate surface area is 169 Å². The highest BCUT2D eigenvalue weighted by molar-refractivity contribution is 6.04. The molecule has 4 rings (SSSR count). The van der Waals surface area contributed by atoms with E-state index in [4.69, 9.17) is 4.74 Å². The minimum absolute atomic E-state index is 0.00423. The van der Waals surface area contributed by atoms with Gasteiger partial charge in [0, 0.05) is 23.7 Å². The smallest absolute Gasteiger partial charge is 0.273 e. The Morgan fingerprint density at radius 1 is 1.24 bits per heavy atom. The first-order valence-electron chi connectivity index (χ1n) is 9.62. The van der Waals surface area contributed by atoms with Crippen molar-refractivity contribution in [1.82, 2.24) is 10.2 Å². The SMILES string of the molecule is CCNC1=C(N2Cc3ccccc3C2=O)c2c(ccc([N+](=O)[O-])c2C)OC1(C)C. The van der Waals surface area contributed by atoms with Gasteiger partial charge in [-0.05, 0) is 45.4 Å². The van der Waals surface area contributed by atoms with Gasteiger partial charge in [0.05, 0.1) is 28.4 Å². The van der Waals surface area contributed by atoms with Crippen LogP contribution in [0.3, 0.4) is 0 Å². The number of nitro groups is 1. The molecule has 0 fully saturated rings. The van der Waals surface area contributed by atoms with Crippen molar-refractivity contribution in [2.24, 2.45) is 0 Å². The molecule has 0 radical (unpaired) electrons. The number of nitrogens with one attached hydrogen (secondary N) is 1. The monoisotopic (exact) mass is 393 g/mol. The molecule has 2 aliphatic heterocycles. The summed E-state index contributed by atoms with van der Waals surface area (Å²) in [6.45, 7) is 8.57. The van der Waals surface area contributed by atoms with Gasteiger partial charge in [-0.2, -0.15) is 0 Å². The lowest BCUT2D eigenvalue weighted by Crippen LogP contribution is -2.44. The van der Waals surface area contributed by atoms with Crippen LogP contribution in [0.5, 0.6) is 5.75 Å². The van der Waals surface area contributed by atoms with Crippen molar-refractivity contribution in [3.8, 4) is 5.75 Å². The fourth-order valence-electron chi connectivity index (χ4n) is 4.17. The molecule has 1 N–H and O–H groups in total. The van der Waals surface area contributed by atoms with Gasteiger partial charge >= 0.3 is 0 Å². The molecule has 0 aliphatic carbocycles. The third-order valence-corrected chi connectivity index (χ3v) is 5.48. The van der Waals surface area contributed by atoms with E-state index in [9.17, 15) is 14.9 Å². The van der Waals surface area contributed by atoms with Crippen LogP contribution in [0.1, 0.15) is 47.8 Å². The van der Waals surface area contributed by atoms with Crippen molar-refractivity contribution in [1.29, 1.82) is 0 Å². The lowest BCUT2D eigenvalue weighted by Gasteiger charge is -2.40. The Morgan fingerprint density at radius 2 is 1.97 bits per heavy atom. The summed E-state index contributed by atoms with van der Waals surface area (Å²) in [4.78, 5) is 26.2. The first-order chi connectivity index (χ1) is 13.8. The van der Waals surface area contributed by atoms with E-state index in [2.05, 4.69) is 5.32 Å². The number of benzene rings is 2. The van der Waals surface area contributed by atoms with E-state index in [-0.39, 0.29) is 11.6 Å². The summed E-state index contributed by atoms with van der Waals surface area (Å²) in [5, 5.41) is 14.9. The quantitative estimate of drug-likeness (QED) is 0.627. The third-order valence-electron chi connectivity index (χ3n) is 5.48. The topological polar surface area (TPSA) is 84.7 Å². The van der Waals surface area contributed by atoms with Crippen LogP contribution in [0.15, 0.2) is 42.1 Å². The molecule has 1 amide bonds. The van der Waals surface area contributed by atoms with E-state index in [0.29, 0.717) is 41.2 Å². The molecule has 7 heteroatoms. The molecular formula is C22H23N3O4. The standard InChI is InChI=1S/C22H23N3O4/c1-5-23-20-19(24-12-14-8-6-7-9-15(14)21(24)26)18-13(2)16(25(27)28)10-11-17(18)29-22(20,3)4/h6-11,23H,5,12H2,1-4H3. The van der Waals surface area contributed by atoms with Crippen molar-refractivity contribution >= 4 is 17.3 Å². The molecule has 2 aromatic carbocycles. The Kier molecular flexibility index (Phi) is 4.33. The zero-order chi connectivity index (χ0) is 20.9. The van der Waals surface area contributed by atoms with Gasteiger partial charge in [-0.3, -0.25) is 14.9 Å². The molecule has 29 heavy (non-hydrogen) atoms. The van der Waals surface area contributed by atoms with E-state index >= 15 is 0 Å². The highest BCUT2D eigenvalue weighted by atomic mass is 16.6. The number of rotatable bonds is 4. The van der Waals surface area contributed by atoms with Crippen LogP contribution in [-0.4, -0.2) is 27.9 Å². The van der Waals surface area contributed by atoms with Crippen molar-refractivity contribution < 1.29 is 14.5 Å². The summed E-state index contributed by atoms with van der Waals surface area (Å²) < 4.78 is 6.22. The molecule has 2 aromatic rings. The van der Waals surface area contributed by atoms with Gasteiger partial charge in [-0.1, -0.05) is 18.2 Å². The maximum absolute atomic E-state index is 13.3. The summed E-state index contributed by atoms with van der Waals surface area (Å²) in [7, 11) is 0. The highest BCUT2D eigenvalue weighted by Crippen LogP contribution is 2.47. The first-order valence-corrected chi connectivity index (χ1v) is 9.62. The maximum Gasteiger partial charge on any atom is 0.273 e. The highest BCUT2D eigenvalue weighted by Gasteiger charge is 2.42. The average molecular weight is 393 g/mol. The largest absolute Gasteiger partial charge is 0.481 e. The Balaban J connectivity index is 1.99. The number of fused-ring (bicyclic) bond motifs is 2. The number of likely N-dealkylation sites (N-methyl/N-ethyl adjacent to an activating group) is 1. The molecule has 2 aliphatic rings. The summed E-state index contributed by atoms with van der Waals surface area (Å²) >= 11 is 0. The maximum atomic E-state index is 13.3. The molecule has 0 bridgehead atoms. The van der Waals surface area contributed by atoms with Crippen LogP contribution in [0.4, 0.5) is 5.69 Å². The predicted octanol–water partition coefficient (Wildman–Crippen LogP) is 4.01. The number of nitrogens with zero attached hydrogens (tertiary/aromatic N) is 2. The van der Waals surface area contributed by atoms with Gasteiger partial charge in [0.25, 0.3) is 11.6 Å². The van der Waals surface area contributed by atoms with Crippen molar-refractivity contribution in [3.63, 3.8) is 0 Å². The second kappa shape index (κ2) is 6.62. The van der Waals surface area contributed by atoms with E-state index in [1.807, 2.05) is 45.0 Å². The molecule has 0 spiro atoms. The molecule has 0 unspecified atom stereocenters. The van der Waals surface area contributed by atoms with E-state index in [1.54, 1.807) is 17.9 Å². The second-order valence-electron chi connectivity index (χ2n) is 7.75. The fourth-order valence-corrected chi connectivity index (χ4v) is 4.17. The number of hydrogen-bond acceptors (Lipinski definition) is 5. The van der Waals surface area contributed by atoms with E-state index in [1.165, 1.54) is 6.07 Å². The van der Waals surface area contributed by atoms with Gasteiger partial charge in [0.2, 0.25) is 0 Å². The lowest BCUT2D eigenvalue weighted by molar-refractivity contribution is -0.385. The van der Waals surface area contributed by atoms with Crippen LogP contribution in [-0.2, 0) is 6.54 Å². The molecule has 0 saturated heterocycles. The van der Waals surface area contributed by atoms with Gasteiger partial charge in [-0.15, -0.1) is 0 Å². The Hall–Kier alpha value is -3.35. The van der Waals surface area contributed by atoms with Crippen LogP contribution in [0.25, 0.3) is 5.70 Å². The van der Waals surface area contributed by atoms with Gasteiger partial charge in [0.15, 0.2) is 0 Å². The summed E-state index contributed by atoms with van der Waals surface area (Å²) in [6, 6.07) is 10.6. The van der Waals surface area contributed by atoms with Crippen molar-refractivity contribution in [2.75, 3.05) is 6.54 Å². The summed E-state index contributed by atoms with van der Waals surface area (Å²) in [6.07, 6.45) is 0. The number of ether oxygens (including phenoxy) is 1. The predicted molar refractivity (Wildman–Crippen MR) is 109 cm³/mol. The molecule has 0 aromatic heterocycles. The second-order valence-corrected chi connectivity index (χ2v) is 7.75. The van der Waals surface area contributed by atoms with Crippen LogP contribution in [0.2, 0.25) is 0 Å². The van der Waals surface area contributed by atoms with Gasteiger partial charge < -0.3 is 15.0 Å². The molecule has 2 heterocycles. The number of carbonyl (C=O) groups excluding carboxylic acids is 1. The number of nitro benzene ring substituents is 1. The molecule has 0 saturated carbocycles. The van der Waals surface area contributed by atoms with Crippen molar-refractivity contribution in [3.05, 3.63) is 74.5 Å². The fraction of sp³-hybridized carbons (Fsp3) is 0.318. The van der Waals surface area contributed by atoms with E-state index in [0.717, 1.165) is 11.3 Å². The van der Waals surface area contributed by atoms with Crippen molar-refractivity contribution in [2.45, 2.75) is 39.8 Å². The molecule has 150 valence electrons. The Morgan fingerprint density at radius 3 is 2.62 bits per heavy atom. The van der Waals surface area contributed by atoms with Crippen LogP contribution in [0, 0.1) is 17.0 Å². The van der Waals surface area contributed by atoms with Crippen LogP contribution < -0.4 is 10.1 Å². The first kappa shape index (κ1) is 19.0. The van der Waals surface area contributed by atoms with Crippen LogP contribution >= 0.6 is 0 Å². The molecule has 0 atom stereocenters. The summed E-state index contributed by atoms with van der Waals surface area (Å²) in [5.74, 6) is 0.430. The Bertz CT molecular complexity index is 1070. The molecule has 7 nitrogen and oxygen atoms in total. The summed E-state index contributed by atoms with van der Waals surface area (Å²) in [5.41, 5.74) is 3.35. The average Bonchev–Trinajstić information content (AvgIpc) is 2.99. The lowest BCUT2D eigenvalue weighted by atomic mass is 9.91. The van der Waals surface area contributed by atoms with Gasteiger partial charge in [0.1, 0.15) is 11.4 Å². The van der Waals surface area contributed by atoms with Gasteiger partial charge in [-0.25, -0.2) is 0 Å². The number of hydrogen-bond donors (Lipinski definition) is 1. The number of carbonyl (C=O) groups is 1.